The van der Waals surface area contributed by atoms with Gasteiger partial charge in [-0.3, -0.25) is 4.98 Å². The smallest absolute Gasteiger partial charge is 0.444 e. The molecule has 78 heavy (non-hydrogen) atoms. The molecule has 2 amide bonds. The lowest BCUT2D eigenvalue weighted by atomic mass is 9.90. The zero-order valence-corrected chi connectivity index (χ0v) is 49.9. The van der Waals surface area contributed by atoms with Gasteiger partial charge in [0.1, 0.15) is 15.8 Å². The Morgan fingerprint density at radius 1 is 0.641 bits per heavy atom. The molecule has 0 radical (unpaired) electrons. The minimum atomic E-state index is -0.472. The number of anilines is 2. The molecule has 9 rings (SSSR count). The number of hydrogen-bond acceptors (Lipinski definition) is 16. The van der Waals surface area contributed by atoms with Crippen LogP contribution < -0.4 is 9.80 Å². The van der Waals surface area contributed by atoms with E-state index in [2.05, 4.69) is 53.9 Å². The second-order valence-corrected chi connectivity index (χ2v) is 24.9. The van der Waals surface area contributed by atoms with Crippen LogP contribution in [0.2, 0.25) is 0 Å². The molecule has 7 aliphatic heterocycles. The van der Waals surface area contributed by atoms with Crippen LogP contribution in [0.15, 0.2) is 59.4 Å². The average Bonchev–Trinajstić information content (AvgIpc) is 3.92. The number of ether oxygens (including phenoxy) is 8. The van der Waals surface area contributed by atoms with E-state index in [-0.39, 0.29) is 43.1 Å². The monoisotopic (exact) mass is 1150 g/mol. The average molecular weight is 1150 g/mol. The first-order valence-electron chi connectivity index (χ1n) is 28.5. The van der Waals surface area contributed by atoms with Crippen molar-refractivity contribution in [1.29, 1.82) is 0 Å². The molecule has 7 fully saturated rings. The van der Waals surface area contributed by atoms with E-state index in [1.165, 1.54) is 18.5 Å². The van der Waals surface area contributed by atoms with Gasteiger partial charge in [-0.05, 0) is 180 Å². The van der Waals surface area contributed by atoms with Gasteiger partial charge >= 0.3 is 19.3 Å². The molecule has 0 N–H and O–H groups in total. The first kappa shape index (κ1) is 61.8. The van der Waals surface area contributed by atoms with Crippen molar-refractivity contribution in [3.05, 3.63) is 65.1 Å². The molecular formula is C58H90BBrN6O12. The second-order valence-electron chi connectivity index (χ2n) is 24.1. The van der Waals surface area contributed by atoms with E-state index in [4.69, 9.17) is 47.2 Å². The van der Waals surface area contributed by atoms with E-state index >= 15 is 0 Å². The highest BCUT2D eigenvalue weighted by molar-refractivity contribution is 9.10. The van der Waals surface area contributed by atoms with E-state index in [9.17, 15) is 9.59 Å². The number of nitrogens with zero attached hydrogens (tertiary/aromatic N) is 6. The summed E-state index contributed by atoms with van der Waals surface area (Å²) in [5, 5.41) is 0. The van der Waals surface area contributed by atoms with Crippen LogP contribution in [0.3, 0.4) is 0 Å². The second kappa shape index (κ2) is 28.7. The number of carbonyl (C=O) groups excluding carboxylic acids is 2. The number of hydrogen-bond donors (Lipinski definition) is 0. The number of amides is 2. The Morgan fingerprint density at radius 3 is 1.53 bits per heavy atom. The highest BCUT2D eigenvalue weighted by Crippen LogP contribution is 2.39. The number of aromatic nitrogens is 2. The van der Waals surface area contributed by atoms with Crippen LogP contribution >= 0.6 is 15.9 Å². The first-order chi connectivity index (χ1) is 37.1. The van der Waals surface area contributed by atoms with Gasteiger partial charge in [-0.25, -0.2) is 14.6 Å². The summed E-state index contributed by atoms with van der Waals surface area (Å²) in [5.74, 6) is 1.90. The van der Waals surface area contributed by atoms with Crippen molar-refractivity contribution < 1.29 is 56.8 Å². The van der Waals surface area contributed by atoms with Gasteiger partial charge in [-0.2, -0.15) is 0 Å². The highest BCUT2D eigenvalue weighted by Gasteiger charge is 2.50. The van der Waals surface area contributed by atoms with E-state index in [1.54, 1.807) is 0 Å². The summed E-state index contributed by atoms with van der Waals surface area (Å²) >= 11 is 3.43. The van der Waals surface area contributed by atoms with Crippen LogP contribution in [0.4, 0.5) is 21.0 Å². The van der Waals surface area contributed by atoms with Crippen molar-refractivity contribution in [2.24, 2.45) is 0 Å². The molecule has 434 valence electrons. The molecular weight excluding hydrogens is 1060 g/mol. The lowest BCUT2D eigenvalue weighted by molar-refractivity contribution is -0.168. The van der Waals surface area contributed by atoms with Crippen molar-refractivity contribution in [3.63, 3.8) is 0 Å². The molecule has 6 atom stereocenters. The molecule has 0 saturated carbocycles. The zero-order valence-electron chi connectivity index (χ0n) is 48.3. The molecule has 0 aromatic carbocycles. The van der Waals surface area contributed by atoms with Crippen molar-refractivity contribution in [1.82, 2.24) is 19.8 Å². The fraction of sp³-hybridized carbons (Fsp3) is 0.724. The van der Waals surface area contributed by atoms with Gasteiger partial charge < -0.3 is 66.8 Å². The lowest BCUT2D eigenvalue weighted by Crippen LogP contribution is -2.56. The predicted octanol–water partition coefficient (Wildman–Crippen LogP) is 10.4. The van der Waals surface area contributed by atoms with Crippen molar-refractivity contribution in [3.8, 4) is 0 Å². The maximum Gasteiger partial charge on any atom is 0.486 e. The van der Waals surface area contributed by atoms with Crippen molar-refractivity contribution >= 4 is 52.7 Å². The zero-order chi connectivity index (χ0) is 55.9. The topological polar surface area (TPSA) is 165 Å². The summed E-state index contributed by atoms with van der Waals surface area (Å²) in [6.07, 6.45) is 20.0. The van der Waals surface area contributed by atoms with Gasteiger partial charge in [0.05, 0.1) is 56.5 Å². The van der Waals surface area contributed by atoms with E-state index < -0.39 is 11.2 Å². The molecule has 7 aliphatic rings. The first-order valence-corrected chi connectivity index (χ1v) is 29.3. The van der Waals surface area contributed by atoms with Gasteiger partial charge in [0.2, 0.25) is 0 Å². The number of likely N-dealkylation sites (tertiary alicyclic amines) is 2. The summed E-state index contributed by atoms with van der Waals surface area (Å²) in [6.45, 7) is 27.3. The van der Waals surface area contributed by atoms with Crippen LogP contribution in [-0.2, 0) is 47.2 Å². The fourth-order valence-corrected chi connectivity index (χ4v) is 11.0. The third-order valence-corrected chi connectivity index (χ3v) is 15.4. The molecule has 7 saturated heterocycles. The molecule has 2 aromatic heterocycles. The Kier molecular flexibility index (Phi) is 22.7. The third kappa shape index (κ3) is 18.9. The largest absolute Gasteiger partial charge is 0.486 e. The number of piperazine rings is 2. The Hall–Kier alpha value is -3.86. The molecule has 2 aromatic rings. The minimum absolute atomic E-state index is 0.0438. The third-order valence-electron chi connectivity index (χ3n) is 15.0. The van der Waals surface area contributed by atoms with Crippen LogP contribution in [0, 0.1) is 0 Å². The maximum absolute atomic E-state index is 12.6. The van der Waals surface area contributed by atoms with Crippen LogP contribution in [0.1, 0.15) is 139 Å². The lowest BCUT2D eigenvalue weighted by Gasteiger charge is -2.42. The number of fused-ring (bicyclic) bond motifs is 4. The summed E-state index contributed by atoms with van der Waals surface area (Å²) in [6, 6.07) is 9.61. The minimum Gasteiger partial charge on any atom is -0.444 e. The Bertz CT molecular complexity index is 2210. The Morgan fingerprint density at radius 2 is 1.09 bits per heavy atom. The van der Waals surface area contributed by atoms with E-state index in [0.29, 0.717) is 76.9 Å². The maximum atomic E-state index is 12.6. The molecule has 18 nitrogen and oxygen atoms in total. The molecule has 0 spiro atoms. The number of carbonyl (C=O) groups is 2. The van der Waals surface area contributed by atoms with Crippen molar-refractivity contribution in [2.75, 3.05) is 88.8 Å². The summed E-state index contributed by atoms with van der Waals surface area (Å²) in [4.78, 5) is 42.2. The number of rotatable bonds is 16. The summed E-state index contributed by atoms with van der Waals surface area (Å²) in [7, 11) is -0.305. The van der Waals surface area contributed by atoms with Crippen molar-refractivity contribution in [2.45, 2.75) is 193 Å². The molecule has 0 aliphatic carbocycles. The molecule has 6 unspecified atom stereocenters. The van der Waals surface area contributed by atoms with Crippen LogP contribution in [0.25, 0.3) is 6.08 Å². The molecule has 9 heterocycles. The quantitative estimate of drug-likeness (QED) is 0.0885. The normalized spacial score (nSPS) is 25.7. The Balaban J connectivity index is 0.000000176. The number of halogens is 1. The van der Waals surface area contributed by atoms with Gasteiger partial charge in [0, 0.05) is 87.3 Å². The van der Waals surface area contributed by atoms with Gasteiger partial charge in [-0.1, -0.05) is 18.1 Å². The molecule has 4 bridgehead atoms. The van der Waals surface area contributed by atoms with E-state index in [1.807, 2.05) is 122 Å². The van der Waals surface area contributed by atoms with E-state index in [0.717, 1.165) is 93.7 Å². The standard InChI is InChI=1S/C26H39N3O5.C16H29BO5.C16H22BrN3O2/c1-26(2,3)34-25(30)28-18-22-9-10-23(19-28)29(22)21-11-12-27-20(17-21)7-6-13-31-15-16-33-24-8-4-5-14-32-24;1-15(2)16(3,4)22-17(21-15)9-7-10-18-12-13-20-14-8-5-6-11-19-14;1-16(2,3)22-15(21)19-9-12-4-5-13(10-19)20(12)11-6-7-18-14(17)8-11/h6-7,11-12,17,22-24H,4-5,8-10,13-16,18-19H2,1-3H3;7,9,14H,5-6,8,10-13H2,1-4H3;6-8,12-13H,4-5,9-10H2,1-3H3/b7-6+;9-7+;. The Labute approximate surface area is 473 Å². The predicted molar refractivity (Wildman–Crippen MR) is 305 cm³/mol. The van der Waals surface area contributed by atoms with Crippen LogP contribution in [0.5, 0.6) is 0 Å². The fourth-order valence-electron chi connectivity index (χ4n) is 10.6. The van der Waals surface area contributed by atoms with Gasteiger partial charge in [0.25, 0.3) is 0 Å². The number of pyridine rings is 2. The van der Waals surface area contributed by atoms with Gasteiger partial charge in [-0.15, -0.1) is 0 Å². The summed E-state index contributed by atoms with van der Waals surface area (Å²) < 4.78 is 57.2. The highest BCUT2D eigenvalue weighted by atomic mass is 79.9. The summed E-state index contributed by atoms with van der Waals surface area (Å²) in [5.41, 5.74) is 1.74. The van der Waals surface area contributed by atoms with Crippen LogP contribution in [-0.4, -0.2) is 177 Å². The SMILES string of the molecule is CC(C)(C)OC(=O)N1CC2CCC(C1)N2c1ccnc(/C=C/COCCOC2CCCCO2)c1.CC(C)(C)OC(=O)N1CC2CCC(C1)N2c1ccnc(Br)c1.CC1(C)OB(/C=C/COCCOC2CCCCO2)OC1(C)C. The van der Waals surface area contributed by atoms with Gasteiger partial charge in [0.15, 0.2) is 12.6 Å². The molecule has 20 heteroatoms.